The first kappa shape index (κ1) is 12.7. The van der Waals surface area contributed by atoms with Crippen molar-refractivity contribution in [2.45, 2.75) is 52.4 Å². The smallest absolute Gasteiger partial charge is 0.101 e. The Bertz CT molecular complexity index is 426. The zero-order valence-corrected chi connectivity index (χ0v) is 11.0. The molecular formula is C14H20N2. The zero-order valence-electron chi connectivity index (χ0n) is 11.0. The number of hydrogen-bond acceptors (Lipinski definition) is 2. The van der Waals surface area contributed by atoms with E-state index in [0.29, 0.717) is 5.56 Å². The molecule has 0 fully saturated rings. The Hall–Kier alpha value is -1.36. The van der Waals surface area contributed by atoms with Gasteiger partial charge in [-0.1, -0.05) is 41.5 Å². The molecule has 0 aromatic carbocycles. The summed E-state index contributed by atoms with van der Waals surface area (Å²) in [4.78, 5) is 4.66. The van der Waals surface area contributed by atoms with E-state index in [1.165, 1.54) is 0 Å². The van der Waals surface area contributed by atoms with E-state index in [0.717, 1.165) is 11.4 Å². The van der Waals surface area contributed by atoms with Gasteiger partial charge in [0.25, 0.3) is 0 Å². The molecule has 0 spiro atoms. The van der Waals surface area contributed by atoms with Crippen molar-refractivity contribution >= 4 is 0 Å². The highest BCUT2D eigenvalue weighted by atomic mass is 14.8. The Balaban J connectivity index is 3.41. The van der Waals surface area contributed by atoms with Crippen molar-refractivity contribution in [2.75, 3.05) is 0 Å². The molecule has 0 saturated heterocycles. The molecule has 2 nitrogen and oxygen atoms in total. The van der Waals surface area contributed by atoms with Crippen LogP contribution >= 0.6 is 0 Å². The van der Waals surface area contributed by atoms with E-state index in [2.05, 4.69) is 52.6 Å². The number of pyridine rings is 1. The van der Waals surface area contributed by atoms with Gasteiger partial charge < -0.3 is 0 Å². The van der Waals surface area contributed by atoms with E-state index >= 15 is 0 Å². The van der Waals surface area contributed by atoms with E-state index in [-0.39, 0.29) is 10.8 Å². The molecule has 1 aromatic rings. The fraction of sp³-hybridized carbons (Fsp3) is 0.571. The summed E-state index contributed by atoms with van der Waals surface area (Å²) in [6.07, 6.45) is 0. The van der Waals surface area contributed by atoms with Gasteiger partial charge in [-0.15, -0.1) is 0 Å². The second-order valence-electron chi connectivity index (χ2n) is 6.20. The van der Waals surface area contributed by atoms with Crippen LogP contribution in [0.15, 0.2) is 12.1 Å². The molecule has 1 aromatic heterocycles. The first-order chi connectivity index (χ1) is 7.16. The first-order valence-corrected chi connectivity index (χ1v) is 5.58. The second-order valence-corrected chi connectivity index (χ2v) is 6.20. The predicted molar refractivity (Wildman–Crippen MR) is 66.4 cm³/mol. The molecule has 0 bridgehead atoms. The Morgan fingerprint density at radius 3 is 1.94 bits per heavy atom. The highest BCUT2D eigenvalue weighted by Crippen LogP contribution is 2.27. The van der Waals surface area contributed by atoms with Crippen molar-refractivity contribution < 1.29 is 0 Å². The van der Waals surface area contributed by atoms with E-state index in [4.69, 9.17) is 5.26 Å². The molecular weight excluding hydrogens is 196 g/mol. The highest BCUT2D eigenvalue weighted by molar-refractivity contribution is 5.39. The quantitative estimate of drug-likeness (QED) is 0.665. The molecule has 0 atom stereocenters. The summed E-state index contributed by atoms with van der Waals surface area (Å²) in [5.41, 5.74) is 2.54. The summed E-state index contributed by atoms with van der Waals surface area (Å²) in [5.74, 6) is 0. The third-order valence-corrected chi connectivity index (χ3v) is 2.49. The maximum Gasteiger partial charge on any atom is 0.101 e. The molecule has 0 aliphatic carbocycles. The average Bonchev–Trinajstić information content (AvgIpc) is 2.14. The molecule has 16 heavy (non-hydrogen) atoms. The molecule has 0 aliphatic heterocycles. The number of aromatic nitrogens is 1. The van der Waals surface area contributed by atoms with Crippen LogP contribution in [0.3, 0.4) is 0 Å². The lowest BCUT2D eigenvalue weighted by Crippen LogP contribution is -2.21. The van der Waals surface area contributed by atoms with Gasteiger partial charge in [0.15, 0.2) is 0 Å². The van der Waals surface area contributed by atoms with Crippen LogP contribution < -0.4 is 0 Å². The summed E-state index contributed by atoms with van der Waals surface area (Å²) >= 11 is 0. The summed E-state index contributed by atoms with van der Waals surface area (Å²) in [6, 6.07) is 6.05. The topological polar surface area (TPSA) is 36.7 Å². The largest absolute Gasteiger partial charge is 0.255 e. The zero-order chi connectivity index (χ0) is 12.6. The van der Waals surface area contributed by atoms with Crippen molar-refractivity contribution in [1.29, 1.82) is 5.26 Å². The van der Waals surface area contributed by atoms with Crippen molar-refractivity contribution in [3.63, 3.8) is 0 Å². The van der Waals surface area contributed by atoms with Crippen LogP contribution in [0.4, 0.5) is 0 Å². The molecule has 0 saturated carbocycles. The van der Waals surface area contributed by atoms with Gasteiger partial charge in [-0.2, -0.15) is 5.26 Å². The van der Waals surface area contributed by atoms with Crippen molar-refractivity contribution in [2.24, 2.45) is 0 Å². The number of rotatable bonds is 0. The Morgan fingerprint density at radius 1 is 1.00 bits per heavy atom. The summed E-state index contributed by atoms with van der Waals surface area (Å²) < 4.78 is 0. The van der Waals surface area contributed by atoms with Crippen LogP contribution in [-0.2, 0) is 10.8 Å². The number of nitrogens with zero attached hydrogens (tertiary/aromatic N) is 2. The average molecular weight is 216 g/mol. The summed E-state index contributed by atoms with van der Waals surface area (Å²) in [6.45, 7) is 12.7. The van der Waals surface area contributed by atoms with Crippen LogP contribution in [0.1, 0.15) is 58.5 Å². The Labute approximate surface area is 98.3 Å². The molecule has 0 aliphatic rings. The molecule has 1 rings (SSSR count). The fourth-order valence-electron chi connectivity index (χ4n) is 1.54. The lowest BCUT2D eigenvalue weighted by molar-refractivity contribution is 0.530. The normalized spacial score (nSPS) is 12.3. The molecule has 86 valence electrons. The number of hydrogen-bond donors (Lipinski definition) is 0. The van der Waals surface area contributed by atoms with Crippen LogP contribution in [0.5, 0.6) is 0 Å². The monoisotopic (exact) mass is 216 g/mol. The lowest BCUT2D eigenvalue weighted by atomic mass is 9.85. The molecule has 2 heteroatoms. The molecule has 0 radical (unpaired) electrons. The minimum absolute atomic E-state index is 0.0218. The van der Waals surface area contributed by atoms with Gasteiger partial charge >= 0.3 is 0 Å². The molecule has 0 amide bonds. The molecule has 1 heterocycles. The first-order valence-electron chi connectivity index (χ1n) is 5.58. The van der Waals surface area contributed by atoms with Gasteiger partial charge in [0.05, 0.1) is 11.3 Å². The van der Waals surface area contributed by atoms with Crippen LogP contribution in [-0.4, -0.2) is 4.98 Å². The van der Waals surface area contributed by atoms with Crippen molar-refractivity contribution in [3.8, 4) is 6.07 Å². The van der Waals surface area contributed by atoms with E-state index in [1.54, 1.807) is 0 Å². The van der Waals surface area contributed by atoms with Crippen LogP contribution in [0.25, 0.3) is 0 Å². The summed E-state index contributed by atoms with van der Waals surface area (Å²) in [7, 11) is 0. The highest BCUT2D eigenvalue weighted by Gasteiger charge is 2.23. The van der Waals surface area contributed by atoms with Gasteiger partial charge in [-0.05, 0) is 12.1 Å². The lowest BCUT2D eigenvalue weighted by Gasteiger charge is -2.24. The van der Waals surface area contributed by atoms with Gasteiger partial charge in [0, 0.05) is 16.5 Å². The van der Waals surface area contributed by atoms with Gasteiger partial charge in [0.1, 0.15) is 6.07 Å². The van der Waals surface area contributed by atoms with Gasteiger partial charge in [0.2, 0.25) is 0 Å². The minimum Gasteiger partial charge on any atom is -0.255 e. The van der Waals surface area contributed by atoms with E-state index in [9.17, 15) is 0 Å². The van der Waals surface area contributed by atoms with Gasteiger partial charge in [-0.3, -0.25) is 4.98 Å². The Kier molecular flexibility index (Phi) is 3.10. The standard InChI is InChI=1S/C14H20N2/c1-13(2,3)11-8-7-10(9-15)12(16-11)14(4,5)6/h7-8H,1-6H3. The molecule has 0 N–H and O–H groups in total. The van der Waals surface area contributed by atoms with Crippen molar-refractivity contribution in [3.05, 3.63) is 29.1 Å². The number of nitriles is 1. The Morgan fingerprint density at radius 2 is 1.56 bits per heavy atom. The molecule has 0 unspecified atom stereocenters. The third-order valence-electron chi connectivity index (χ3n) is 2.49. The minimum atomic E-state index is -0.0909. The maximum atomic E-state index is 9.09. The SMILES string of the molecule is CC(C)(C)c1ccc(C#N)c(C(C)(C)C)n1. The van der Waals surface area contributed by atoms with Crippen molar-refractivity contribution in [1.82, 2.24) is 4.98 Å². The summed E-state index contributed by atoms with van der Waals surface area (Å²) in [5, 5.41) is 9.09. The van der Waals surface area contributed by atoms with Crippen LogP contribution in [0.2, 0.25) is 0 Å². The van der Waals surface area contributed by atoms with Crippen LogP contribution in [0, 0.1) is 11.3 Å². The fourth-order valence-corrected chi connectivity index (χ4v) is 1.54. The second kappa shape index (κ2) is 3.90. The third kappa shape index (κ3) is 2.61. The van der Waals surface area contributed by atoms with Gasteiger partial charge in [-0.25, -0.2) is 0 Å². The maximum absolute atomic E-state index is 9.09. The van der Waals surface area contributed by atoms with E-state index < -0.39 is 0 Å². The predicted octanol–water partition coefficient (Wildman–Crippen LogP) is 3.55. The van der Waals surface area contributed by atoms with E-state index in [1.807, 2.05) is 12.1 Å².